The molecule has 0 bridgehead atoms. The van der Waals surface area contributed by atoms with Gasteiger partial charge in [0.05, 0.1) is 17.0 Å². The predicted octanol–water partition coefficient (Wildman–Crippen LogP) is 5.33. The summed E-state index contributed by atoms with van der Waals surface area (Å²) in [6, 6.07) is 6.89. The second kappa shape index (κ2) is 6.76. The van der Waals surface area contributed by atoms with E-state index in [9.17, 15) is 22.4 Å². The lowest BCUT2D eigenvalue weighted by Crippen LogP contribution is -2.16. The van der Waals surface area contributed by atoms with Crippen molar-refractivity contribution in [2.24, 2.45) is 0 Å². The molecule has 1 amide bonds. The Kier molecular flexibility index (Phi) is 5.16. The molecule has 1 N–H and O–H groups in total. The van der Waals surface area contributed by atoms with Gasteiger partial charge in [-0.3, -0.25) is 4.79 Å². The lowest BCUT2D eigenvalue weighted by molar-refractivity contribution is -0.137. The van der Waals surface area contributed by atoms with Crippen LogP contribution < -0.4 is 5.32 Å². The van der Waals surface area contributed by atoms with Gasteiger partial charge in [-0.1, -0.05) is 29.3 Å². The van der Waals surface area contributed by atoms with Crippen LogP contribution in [0, 0.1) is 5.82 Å². The molecular weight excluding hydrogens is 357 g/mol. The Morgan fingerprint density at radius 3 is 2.39 bits per heavy atom. The number of carbonyl (C=O) groups is 1. The summed E-state index contributed by atoms with van der Waals surface area (Å²) >= 11 is 11.3. The molecule has 0 aliphatic heterocycles. The third-order valence-corrected chi connectivity index (χ3v) is 3.64. The lowest BCUT2D eigenvalue weighted by atomic mass is 10.1. The molecule has 0 atom stereocenters. The number of nitrogens with one attached hydrogen (secondary N) is 1. The molecule has 0 radical (unpaired) electrons. The number of amides is 1. The zero-order valence-electron chi connectivity index (χ0n) is 11.3. The molecular formula is C15H9Cl2F4NO. The summed E-state index contributed by atoms with van der Waals surface area (Å²) in [7, 11) is 0. The first-order valence-corrected chi connectivity index (χ1v) is 7.03. The summed E-state index contributed by atoms with van der Waals surface area (Å²) in [5.74, 6) is -1.37. The first-order valence-electron chi connectivity index (χ1n) is 6.28. The van der Waals surface area contributed by atoms with Crippen molar-refractivity contribution in [2.45, 2.75) is 12.6 Å². The van der Waals surface area contributed by atoms with Gasteiger partial charge in [-0.15, -0.1) is 0 Å². The minimum atomic E-state index is -4.65. The number of carbonyl (C=O) groups excluding carboxylic acids is 1. The monoisotopic (exact) mass is 365 g/mol. The number of rotatable bonds is 3. The summed E-state index contributed by atoms with van der Waals surface area (Å²) in [6.07, 6.45) is -5.05. The smallest absolute Gasteiger partial charge is 0.326 e. The van der Waals surface area contributed by atoms with Gasteiger partial charge in [0, 0.05) is 16.3 Å². The van der Waals surface area contributed by atoms with Gasteiger partial charge in [0.1, 0.15) is 5.82 Å². The zero-order chi connectivity index (χ0) is 17.2. The van der Waals surface area contributed by atoms with Crippen LogP contribution in [0.15, 0.2) is 36.4 Å². The number of alkyl halides is 3. The van der Waals surface area contributed by atoms with Crippen LogP contribution in [0.3, 0.4) is 0 Å². The summed E-state index contributed by atoms with van der Waals surface area (Å²) in [5, 5.41) is 1.84. The fourth-order valence-electron chi connectivity index (χ4n) is 1.89. The molecule has 0 heterocycles. The average Bonchev–Trinajstić information content (AvgIpc) is 2.44. The molecule has 0 saturated carbocycles. The van der Waals surface area contributed by atoms with Crippen molar-refractivity contribution in [1.82, 2.24) is 0 Å². The highest BCUT2D eigenvalue weighted by molar-refractivity contribution is 6.32. The topological polar surface area (TPSA) is 29.1 Å². The minimum Gasteiger partial charge on any atom is -0.326 e. The van der Waals surface area contributed by atoms with E-state index in [1.165, 1.54) is 18.2 Å². The Bertz CT molecular complexity index is 726. The standard InChI is InChI=1S/C15H9Cl2F4NO/c16-11-2-1-3-13(18)9(11)7-14(23)22-8-4-5-12(17)10(6-8)15(19,20)21/h1-6H,7H2,(H,22,23). The fourth-order valence-corrected chi connectivity index (χ4v) is 2.34. The lowest BCUT2D eigenvalue weighted by Gasteiger charge is -2.12. The van der Waals surface area contributed by atoms with Crippen LogP contribution in [0.2, 0.25) is 10.0 Å². The van der Waals surface area contributed by atoms with Gasteiger partial charge in [0.15, 0.2) is 0 Å². The highest BCUT2D eigenvalue weighted by atomic mass is 35.5. The van der Waals surface area contributed by atoms with Gasteiger partial charge in [0.25, 0.3) is 0 Å². The number of anilines is 1. The molecule has 0 aromatic heterocycles. The number of hydrogen-bond donors (Lipinski definition) is 1. The van der Waals surface area contributed by atoms with Gasteiger partial charge in [-0.2, -0.15) is 13.2 Å². The molecule has 0 aliphatic rings. The second-order valence-corrected chi connectivity index (χ2v) is 5.43. The Morgan fingerprint density at radius 2 is 1.78 bits per heavy atom. The normalized spacial score (nSPS) is 11.4. The van der Waals surface area contributed by atoms with Crippen LogP contribution in [0.4, 0.5) is 23.2 Å². The average molecular weight is 366 g/mol. The molecule has 0 spiro atoms. The van der Waals surface area contributed by atoms with Crippen molar-refractivity contribution >= 4 is 34.8 Å². The van der Waals surface area contributed by atoms with E-state index in [0.29, 0.717) is 6.07 Å². The summed E-state index contributed by atoms with van der Waals surface area (Å²) in [6.45, 7) is 0. The summed E-state index contributed by atoms with van der Waals surface area (Å²) in [4.78, 5) is 11.9. The highest BCUT2D eigenvalue weighted by Crippen LogP contribution is 2.36. The Labute approximate surface area is 139 Å². The number of hydrogen-bond acceptors (Lipinski definition) is 1. The van der Waals surface area contributed by atoms with Crippen molar-refractivity contribution in [3.63, 3.8) is 0 Å². The molecule has 2 rings (SSSR count). The van der Waals surface area contributed by atoms with E-state index in [0.717, 1.165) is 12.1 Å². The predicted molar refractivity (Wildman–Crippen MR) is 80.2 cm³/mol. The third-order valence-electron chi connectivity index (χ3n) is 2.95. The quantitative estimate of drug-likeness (QED) is 0.731. The van der Waals surface area contributed by atoms with Gasteiger partial charge in [0.2, 0.25) is 5.91 Å². The van der Waals surface area contributed by atoms with Crippen LogP contribution in [0.5, 0.6) is 0 Å². The minimum absolute atomic E-state index is 0.0309. The van der Waals surface area contributed by atoms with Crippen LogP contribution >= 0.6 is 23.2 Å². The Hall–Kier alpha value is -1.79. The van der Waals surface area contributed by atoms with Crippen LogP contribution in [-0.4, -0.2) is 5.91 Å². The van der Waals surface area contributed by atoms with Crippen LogP contribution in [-0.2, 0) is 17.4 Å². The van der Waals surface area contributed by atoms with E-state index in [1.807, 2.05) is 0 Å². The highest BCUT2D eigenvalue weighted by Gasteiger charge is 2.33. The van der Waals surface area contributed by atoms with Gasteiger partial charge < -0.3 is 5.32 Å². The molecule has 0 aliphatic carbocycles. The maximum Gasteiger partial charge on any atom is 0.417 e. The third kappa shape index (κ3) is 4.36. The van der Waals surface area contributed by atoms with E-state index in [2.05, 4.69) is 5.32 Å². The van der Waals surface area contributed by atoms with Crippen molar-refractivity contribution < 1.29 is 22.4 Å². The van der Waals surface area contributed by atoms with Crippen molar-refractivity contribution in [2.75, 3.05) is 5.32 Å². The Morgan fingerprint density at radius 1 is 1.09 bits per heavy atom. The van der Waals surface area contributed by atoms with Gasteiger partial charge in [-0.05, 0) is 30.3 Å². The molecule has 23 heavy (non-hydrogen) atoms. The maximum atomic E-state index is 13.6. The summed E-state index contributed by atoms with van der Waals surface area (Å²) in [5.41, 5.74) is -1.20. The molecule has 2 aromatic carbocycles. The number of halogens is 6. The van der Waals surface area contributed by atoms with Crippen LogP contribution in [0.25, 0.3) is 0 Å². The maximum absolute atomic E-state index is 13.6. The molecule has 0 fully saturated rings. The molecule has 0 saturated heterocycles. The fraction of sp³-hybridized carbons (Fsp3) is 0.133. The molecule has 122 valence electrons. The summed E-state index contributed by atoms with van der Waals surface area (Å²) < 4.78 is 51.9. The zero-order valence-corrected chi connectivity index (χ0v) is 12.9. The molecule has 0 unspecified atom stereocenters. The van der Waals surface area contributed by atoms with Gasteiger partial charge in [-0.25, -0.2) is 4.39 Å². The molecule has 8 heteroatoms. The van der Waals surface area contributed by atoms with Crippen molar-refractivity contribution in [3.8, 4) is 0 Å². The SMILES string of the molecule is O=C(Cc1c(F)cccc1Cl)Nc1ccc(Cl)c(C(F)(F)F)c1. The largest absolute Gasteiger partial charge is 0.417 e. The molecule has 2 aromatic rings. The Balaban J connectivity index is 2.18. The number of benzene rings is 2. The van der Waals surface area contributed by atoms with Gasteiger partial charge >= 0.3 is 6.18 Å². The second-order valence-electron chi connectivity index (χ2n) is 4.62. The van der Waals surface area contributed by atoms with E-state index < -0.39 is 34.9 Å². The first kappa shape index (κ1) is 17.6. The van der Waals surface area contributed by atoms with E-state index in [-0.39, 0.29) is 16.3 Å². The van der Waals surface area contributed by atoms with Crippen molar-refractivity contribution in [1.29, 1.82) is 0 Å². The van der Waals surface area contributed by atoms with Crippen LogP contribution in [0.1, 0.15) is 11.1 Å². The van der Waals surface area contributed by atoms with E-state index in [4.69, 9.17) is 23.2 Å². The van der Waals surface area contributed by atoms with E-state index in [1.54, 1.807) is 0 Å². The van der Waals surface area contributed by atoms with E-state index >= 15 is 0 Å². The van der Waals surface area contributed by atoms with Crippen molar-refractivity contribution in [3.05, 3.63) is 63.4 Å². The first-order chi connectivity index (χ1) is 10.7. The molecule has 2 nitrogen and oxygen atoms in total.